The Kier molecular flexibility index (Phi) is 5.36. The molecule has 7 nitrogen and oxygen atoms in total. The van der Waals surface area contributed by atoms with E-state index in [9.17, 15) is 14.7 Å². The lowest BCUT2D eigenvalue weighted by Gasteiger charge is -2.38. The van der Waals surface area contributed by atoms with Crippen LogP contribution in [0.3, 0.4) is 0 Å². The van der Waals surface area contributed by atoms with Gasteiger partial charge in [-0.25, -0.2) is 9.78 Å². The molecule has 1 saturated heterocycles. The number of carbonyl (C=O) groups is 2. The van der Waals surface area contributed by atoms with E-state index in [4.69, 9.17) is 5.11 Å². The molecule has 1 fully saturated rings. The van der Waals surface area contributed by atoms with Crippen LogP contribution >= 0.6 is 11.3 Å². The van der Waals surface area contributed by atoms with Gasteiger partial charge in [0.1, 0.15) is 4.88 Å². The average molecular weight is 375 g/mol. The molecule has 1 aromatic heterocycles. The van der Waals surface area contributed by atoms with Crippen LogP contribution < -0.4 is 5.32 Å². The van der Waals surface area contributed by atoms with Crippen molar-refractivity contribution in [1.29, 1.82) is 0 Å². The number of rotatable bonds is 5. The van der Waals surface area contributed by atoms with Crippen molar-refractivity contribution in [2.75, 3.05) is 25.0 Å². The first-order valence-electron chi connectivity index (χ1n) is 8.38. The lowest BCUT2D eigenvalue weighted by molar-refractivity contribution is -0.118. The number of aromatic carboxylic acids is 1. The Bertz CT molecular complexity index is 798. The van der Waals surface area contributed by atoms with Gasteiger partial charge < -0.3 is 15.5 Å². The number of thiazole rings is 1. The topological polar surface area (TPSA) is 103 Å². The van der Waals surface area contributed by atoms with E-state index in [0.29, 0.717) is 36.8 Å². The molecule has 0 radical (unpaired) electrons. The summed E-state index contributed by atoms with van der Waals surface area (Å²) in [5, 5.41) is 22.8. The van der Waals surface area contributed by atoms with Crippen LogP contribution in [0.5, 0.6) is 0 Å². The highest BCUT2D eigenvalue weighted by molar-refractivity contribution is 7.17. The molecule has 0 atom stereocenters. The van der Waals surface area contributed by atoms with Gasteiger partial charge in [0.2, 0.25) is 5.91 Å². The third kappa shape index (κ3) is 4.09. The molecule has 3 N–H and O–H groups in total. The zero-order valence-electron chi connectivity index (χ0n) is 14.4. The Hall–Kier alpha value is -2.29. The van der Waals surface area contributed by atoms with Crippen molar-refractivity contribution < 1.29 is 19.8 Å². The van der Waals surface area contributed by atoms with Crippen LogP contribution in [0.15, 0.2) is 30.3 Å². The summed E-state index contributed by atoms with van der Waals surface area (Å²) in [6.07, 6.45) is 1.12. The number of hydrogen-bond donors (Lipinski definition) is 3. The zero-order chi connectivity index (χ0) is 18.7. The highest BCUT2D eigenvalue weighted by Gasteiger charge is 2.34. The second-order valence-corrected chi connectivity index (χ2v) is 7.46. The molecule has 0 unspecified atom stereocenters. The van der Waals surface area contributed by atoms with Gasteiger partial charge in [0, 0.05) is 13.1 Å². The maximum Gasteiger partial charge on any atom is 0.347 e. The molecule has 2 heterocycles. The van der Waals surface area contributed by atoms with E-state index in [1.165, 1.54) is 0 Å². The number of carboxylic acid groups (broad SMARTS) is 1. The molecule has 1 aliphatic heterocycles. The molecule has 0 bridgehead atoms. The average Bonchev–Trinajstić information content (AvgIpc) is 2.98. The molecule has 1 amide bonds. The molecule has 26 heavy (non-hydrogen) atoms. The quantitative estimate of drug-likeness (QED) is 0.739. The summed E-state index contributed by atoms with van der Waals surface area (Å²) >= 11 is 0.954. The van der Waals surface area contributed by atoms with E-state index < -0.39 is 11.6 Å². The lowest BCUT2D eigenvalue weighted by Crippen LogP contribution is -2.45. The second-order valence-electron chi connectivity index (χ2n) is 6.46. The van der Waals surface area contributed by atoms with Crippen LogP contribution in [-0.2, 0) is 10.4 Å². The summed E-state index contributed by atoms with van der Waals surface area (Å²) in [4.78, 5) is 29.4. The van der Waals surface area contributed by atoms with Crippen molar-refractivity contribution >= 4 is 28.3 Å². The van der Waals surface area contributed by atoms with Gasteiger partial charge in [0.15, 0.2) is 5.13 Å². The molecule has 3 rings (SSSR count). The smallest absolute Gasteiger partial charge is 0.347 e. The van der Waals surface area contributed by atoms with Gasteiger partial charge in [-0.15, -0.1) is 0 Å². The fraction of sp³-hybridized carbons (Fsp3) is 0.389. The second kappa shape index (κ2) is 7.53. The first kappa shape index (κ1) is 18.5. The van der Waals surface area contributed by atoms with Crippen LogP contribution in [0.4, 0.5) is 5.13 Å². The first-order chi connectivity index (χ1) is 12.4. The Balaban J connectivity index is 1.54. The Labute approximate surface area is 155 Å². The minimum absolute atomic E-state index is 0.131. The number of aromatic nitrogens is 1. The largest absolute Gasteiger partial charge is 0.477 e. The zero-order valence-corrected chi connectivity index (χ0v) is 15.3. The fourth-order valence-electron chi connectivity index (χ4n) is 3.13. The maximum atomic E-state index is 12.2. The van der Waals surface area contributed by atoms with Crippen molar-refractivity contribution in [3.63, 3.8) is 0 Å². The van der Waals surface area contributed by atoms with E-state index in [1.54, 1.807) is 6.92 Å². The third-order valence-electron chi connectivity index (χ3n) is 4.60. The summed E-state index contributed by atoms with van der Waals surface area (Å²) in [5.74, 6) is -1.28. The lowest BCUT2D eigenvalue weighted by atomic mass is 9.84. The van der Waals surface area contributed by atoms with Gasteiger partial charge in [-0.1, -0.05) is 41.7 Å². The summed E-state index contributed by atoms with van der Waals surface area (Å²) < 4.78 is 0. The normalized spacial score (nSPS) is 17.0. The number of aryl methyl sites for hydroxylation is 1. The van der Waals surface area contributed by atoms with Gasteiger partial charge in [-0.3, -0.25) is 9.69 Å². The Morgan fingerprint density at radius 2 is 1.92 bits per heavy atom. The van der Waals surface area contributed by atoms with E-state index in [-0.39, 0.29) is 17.3 Å². The number of nitrogens with zero attached hydrogens (tertiary/aromatic N) is 2. The van der Waals surface area contributed by atoms with E-state index in [0.717, 1.165) is 16.9 Å². The van der Waals surface area contributed by atoms with Crippen molar-refractivity contribution in [2.24, 2.45) is 0 Å². The Morgan fingerprint density at radius 3 is 2.50 bits per heavy atom. The van der Waals surface area contributed by atoms with Gasteiger partial charge in [0.25, 0.3) is 0 Å². The molecule has 138 valence electrons. The van der Waals surface area contributed by atoms with Crippen LogP contribution in [0, 0.1) is 6.92 Å². The van der Waals surface area contributed by atoms with Crippen molar-refractivity contribution in [3.05, 3.63) is 46.5 Å². The van der Waals surface area contributed by atoms with Crippen LogP contribution in [0.25, 0.3) is 0 Å². The van der Waals surface area contributed by atoms with Crippen molar-refractivity contribution in [1.82, 2.24) is 9.88 Å². The van der Waals surface area contributed by atoms with Crippen LogP contribution in [0.2, 0.25) is 0 Å². The summed E-state index contributed by atoms with van der Waals surface area (Å²) in [6.45, 7) is 3.00. The first-order valence-corrected chi connectivity index (χ1v) is 9.20. The van der Waals surface area contributed by atoms with E-state index in [2.05, 4.69) is 10.3 Å². The van der Waals surface area contributed by atoms with Crippen molar-refractivity contribution in [2.45, 2.75) is 25.4 Å². The molecule has 1 aliphatic rings. The number of anilines is 1. The number of benzene rings is 1. The number of likely N-dealkylation sites (tertiary alicyclic amines) is 1. The predicted molar refractivity (Wildman–Crippen MR) is 98.5 cm³/mol. The van der Waals surface area contributed by atoms with Gasteiger partial charge >= 0.3 is 5.97 Å². The standard InChI is InChI=1S/C18H21N3O4S/c1-12-15(16(23)24)26-17(19-12)20-14(22)11-21-9-7-18(25,8-10-21)13-5-3-2-4-6-13/h2-6,25H,7-11H2,1H3,(H,23,24)(H,19,20,22). The minimum atomic E-state index is -1.04. The Morgan fingerprint density at radius 1 is 1.27 bits per heavy atom. The fourth-order valence-corrected chi connectivity index (χ4v) is 3.95. The van der Waals surface area contributed by atoms with Crippen LogP contribution in [-0.4, -0.2) is 51.6 Å². The minimum Gasteiger partial charge on any atom is -0.477 e. The SMILES string of the molecule is Cc1nc(NC(=O)CN2CCC(O)(c3ccccc3)CC2)sc1C(=O)O. The van der Waals surface area contributed by atoms with E-state index >= 15 is 0 Å². The monoisotopic (exact) mass is 375 g/mol. The van der Waals surface area contributed by atoms with Crippen molar-refractivity contribution in [3.8, 4) is 0 Å². The number of piperidine rings is 1. The van der Waals surface area contributed by atoms with Crippen LogP contribution in [0.1, 0.15) is 33.8 Å². The summed E-state index contributed by atoms with van der Waals surface area (Å²) in [7, 11) is 0. The predicted octanol–water partition coefficient (Wildman–Crippen LogP) is 2.07. The molecular formula is C18H21N3O4S. The number of nitrogens with one attached hydrogen (secondary N) is 1. The molecule has 8 heteroatoms. The molecule has 2 aromatic rings. The molecule has 0 spiro atoms. The third-order valence-corrected chi connectivity index (χ3v) is 5.66. The maximum absolute atomic E-state index is 12.2. The molecule has 0 aliphatic carbocycles. The summed E-state index contributed by atoms with van der Waals surface area (Å²) in [6, 6.07) is 9.59. The highest BCUT2D eigenvalue weighted by Crippen LogP contribution is 2.32. The number of carboxylic acids is 1. The summed E-state index contributed by atoms with van der Waals surface area (Å²) in [5.41, 5.74) is 0.448. The molecular weight excluding hydrogens is 354 g/mol. The van der Waals surface area contributed by atoms with Gasteiger partial charge in [-0.05, 0) is 25.3 Å². The number of hydrogen-bond acceptors (Lipinski definition) is 6. The molecule has 1 aromatic carbocycles. The van der Waals surface area contributed by atoms with Gasteiger partial charge in [0.05, 0.1) is 17.8 Å². The highest BCUT2D eigenvalue weighted by atomic mass is 32.1. The van der Waals surface area contributed by atoms with Gasteiger partial charge in [-0.2, -0.15) is 0 Å². The number of aliphatic hydroxyl groups is 1. The molecule has 0 saturated carbocycles. The number of amides is 1. The number of carbonyl (C=O) groups excluding carboxylic acids is 1. The van der Waals surface area contributed by atoms with E-state index in [1.807, 2.05) is 35.2 Å².